The number of hydrogen-bond acceptors (Lipinski definition) is 17. The third kappa shape index (κ3) is 11.2. The molecular weight excluding hydrogens is 644 g/mol. The molecule has 17 nitrogen and oxygen atoms in total. The average molecular weight is 689 g/mol. The fraction of sp³-hybridized carbons (Fsp3) is 0.793. The fourth-order valence-corrected chi connectivity index (χ4v) is 5.83. The first kappa shape index (κ1) is 38.2. The van der Waals surface area contributed by atoms with Gasteiger partial charge in [-0.25, -0.2) is 4.99 Å². The summed E-state index contributed by atoms with van der Waals surface area (Å²) >= 11 is 0. The van der Waals surface area contributed by atoms with E-state index in [2.05, 4.69) is 16.0 Å². The maximum atomic E-state index is 12.1. The number of carbonyl (C=O) groups excluding carboxylic acids is 5. The quantitative estimate of drug-likeness (QED) is 0.123. The lowest BCUT2D eigenvalue weighted by molar-refractivity contribution is -0.250. The molecule has 3 fully saturated rings. The van der Waals surface area contributed by atoms with Crippen LogP contribution in [-0.2, 0) is 71.0 Å². The first-order valence-corrected chi connectivity index (χ1v) is 18.4. The summed E-state index contributed by atoms with van der Waals surface area (Å²) in [5.41, 5.74) is 0. The molecule has 264 valence electrons. The third-order valence-electron chi connectivity index (χ3n) is 6.77. The molecule has 10 atom stereocenters. The minimum atomic E-state index is -2.11. The lowest BCUT2D eigenvalue weighted by Gasteiger charge is -2.42. The van der Waals surface area contributed by atoms with Crippen LogP contribution in [0.4, 0.5) is 0 Å². The number of ether oxygens (including phenoxy) is 9. The van der Waals surface area contributed by atoms with E-state index in [0.717, 1.165) is 20.8 Å². The van der Waals surface area contributed by atoms with Gasteiger partial charge in [-0.3, -0.25) is 24.0 Å². The van der Waals surface area contributed by atoms with Crippen LogP contribution in [0.15, 0.2) is 9.98 Å². The molecule has 0 aromatic heterocycles. The molecule has 0 radical (unpaired) electrons. The average Bonchev–Trinajstić information content (AvgIpc) is 3.38. The standard InChI is InChI=1S/C29H44N2O15Si/c1-14(32)37-12-20-22(39-15(2)33)24(41-17(4)35)25(42-18(5)36)27(43-20)31-13-30-19(11-38-47(8,9)10)21-23(40-16(3)34)26-28(44-21)46-29(6,7)45-26/h19-28H,11-12H2,1-10H3/t19-,20-,21-,22-,23-,24+,25-,26-,27-,28-/m1/s1. The van der Waals surface area contributed by atoms with E-state index >= 15 is 0 Å². The van der Waals surface area contributed by atoms with Crippen LogP contribution < -0.4 is 0 Å². The van der Waals surface area contributed by atoms with Crippen LogP contribution >= 0.6 is 0 Å². The van der Waals surface area contributed by atoms with Gasteiger partial charge in [-0.2, -0.15) is 4.99 Å². The fourth-order valence-electron chi connectivity index (χ4n) is 5.15. The molecular formula is C29H44N2O15Si. The zero-order chi connectivity index (χ0) is 35.3. The molecule has 0 unspecified atom stereocenters. The minimum absolute atomic E-state index is 0.0160. The van der Waals surface area contributed by atoms with Crippen LogP contribution in [0.25, 0.3) is 0 Å². The zero-order valence-electron chi connectivity index (χ0n) is 28.2. The summed E-state index contributed by atoms with van der Waals surface area (Å²) < 4.78 is 57.0. The van der Waals surface area contributed by atoms with Gasteiger partial charge >= 0.3 is 29.8 Å². The number of hydrogen-bond donors (Lipinski definition) is 0. The van der Waals surface area contributed by atoms with Crippen LogP contribution in [0.1, 0.15) is 48.5 Å². The maximum absolute atomic E-state index is 12.1. The van der Waals surface area contributed by atoms with Gasteiger partial charge in [0, 0.05) is 34.6 Å². The van der Waals surface area contributed by atoms with Gasteiger partial charge in [-0.1, -0.05) is 0 Å². The molecule has 0 aliphatic carbocycles. The first-order valence-electron chi connectivity index (χ1n) is 15.0. The highest BCUT2D eigenvalue weighted by Crippen LogP contribution is 2.40. The smallest absolute Gasteiger partial charge is 0.303 e. The molecule has 3 rings (SSSR count). The molecule has 0 N–H and O–H groups in total. The van der Waals surface area contributed by atoms with E-state index in [-0.39, 0.29) is 6.61 Å². The van der Waals surface area contributed by atoms with Crippen molar-refractivity contribution in [3.8, 4) is 0 Å². The number of rotatable bonds is 12. The van der Waals surface area contributed by atoms with Crippen molar-refractivity contribution in [2.45, 2.75) is 135 Å². The van der Waals surface area contributed by atoms with E-state index in [9.17, 15) is 24.0 Å². The van der Waals surface area contributed by atoms with Crippen molar-refractivity contribution in [3.63, 3.8) is 0 Å². The zero-order valence-corrected chi connectivity index (χ0v) is 29.2. The largest absolute Gasteiger partial charge is 0.463 e. The number of nitrogens with zero attached hydrogens (tertiary/aromatic N) is 2. The molecule has 47 heavy (non-hydrogen) atoms. The van der Waals surface area contributed by atoms with Gasteiger partial charge in [0.25, 0.3) is 0 Å². The van der Waals surface area contributed by atoms with E-state index in [0.29, 0.717) is 0 Å². The highest BCUT2D eigenvalue weighted by molar-refractivity contribution is 6.69. The first-order chi connectivity index (χ1) is 21.8. The number of carbonyl (C=O) groups is 5. The van der Waals surface area contributed by atoms with E-state index in [1.807, 2.05) is 19.6 Å². The summed E-state index contributed by atoms with van der Waals surface area (Å²) in [4.78, 5) is 68.6. The summed E-state index contributed by atoms with van der Waals surface area (Å²) in [5, 5.41) is 0. The Morgan fingerprint density at radius 2 is 1.32 bits per heavy atom. The molecule has 3 aliphatic heterocycles. The Balaban J connectivity index is 2.02. The van der Waals surface area contributed by atoms with Crippen molar-refractivity contribution in [1.29, 1.82) is 0 Å². The summed E-state index contributed by atoms with van der Waals surface area (Å²) in [6.07, 6.45) is -10.3. The topological polar surface area (TPSA) is 202 Å². The Morgan fingerprint density at radius 3 is 1.87 bits per heavy atom. The van der Waals surface area contributed by atoms with E-state index in [4.69, 9.17) is 47.1 Å². The minimum Gasteiger partial charge on any atom is -0.463 e. The van der Waals surface area contributed by atoms with Crippen molar-refractivity contribution in [2.75, 3.05) is 13.2 Å². The van der Waals surface area contributed by atoms with Crippen LogP contribution in [0.2, 0.25) is 19.6 Å². The Hall–Kier alpha value is -3.25. The van der Waals surface area contributed by atoms with Crippen molar-refractivity contribution in [2.24, 2.45) is 9.98 Å². The molecule has 18 heteroatoms. The lowest BCUT2D eigenvalue weighted by atomic mass is 9.97. The number of esters is 5. The second-order valence-electron chi connectivity index (χ2n) is 12.6. The molecule has 0 bridgehead atoms. The van der Waals surface area contributed by atoms with Crippen LogP contribution in [0.3, 0.4) is 0 Å². The highest BCUT2D eigenvalue weighted by atomic mass is 28.4. The summed E-state index contributed by atoms with van der Waals surface area (Å²) in [6, 6.07) is 1.69. The van der Waals surface area contributed by atoms with Crippen LogP contribution in [0.5, 0.6) is 0 Å². The summed E-state index contributed by atoms with van der Waals surface area (Å²) in [7, 11) is -2.11. The van der Waals surface area contributed by atoms with E-state index < -0.39 is 112 Å². The second kappa shape index (κ2) is 15.8. The monoisotopic (exact) mass is 688 g/mol. The van der Waals surface area contributed by atoms with Crippen molar-refractivity contribution < 1.29 is 71.0 Å². The van der Waals surface area contributed by atoms with E-state index in [1.165, 1.54) is 13.8 Å². The van der Waals surface area contributed by atoms with E-state index in [1.54, 1.807) is 13.8 Å². The Morgan fingerprint density at radius 1 is 0.766 bits per heavy atom. The predicted molar refractivity (Wildman–Crippen MR) is 159 cm³/mol. The number of fused-ring (bicyclic) bond motifs is 1. The Kier molecular flexibility index (Phi) is 12.8. The number of aliphatic imine (C=N–C) groups is 2. The van der Waals surface area contributed by atoms with Crippen LogP contribution in [0, 0.1) is 0 Å². The van der Waals surface area contributed by atoms with Crippen molar-refractivity contribution in [3.05, 3.63) is 0 Å². The molecule has 0 aromatic carbocycles. The van der Waals surface area contributed by atoms with Gasteiger partial charge in [0.15, 0.2) is 57.1 Å². The molecule has 0 spiro atoms. The van der Waals surface area contributed by atoms with Crippen LogP contribution in [-0.4, -0.2) is 124 Å². The Bertz CT molecular complexity index is 1250. The molecule has 0 amide bonds. The van der Waals surface area contributed by atoms with Crippen molar-refractivity contribution >= 4 is 44.2 Å². The molecule has 3 aliphatic rings. The SMILES string of the molecule is CC(=O)OC[C@H]1O[C@@H](N=C=N[C@H](CO[Si](C)(C)C)[C@H]2O[C@@H]3OC(C)(C)O[C@@H]3[C@@H]2OC(C)=O)[C@H](OC(C)=O)[C@@H](OC(C)=O)[C@@H]1OC(C)=O. The van der Waals surface area contributed by atoms with Gasteiger partial charge in [0.05, 0.1) is 12.6 Å². The van der Waals surface area contributed by atoms with Gasteiger partial charge in [0.2, 0.25) is 0 Å². The second-order valence-corrected chi connectivity index (χ2v) is 17.1. The molecule has 0 saturated carbocycles. The molecule has 0 aromatic rings. The lowest BCUT2D eigenvalue weighted by Crippen LogP contribution is -2.61. The van der Waals surface area contributed by atoms with Gasteiger partial charge in [-0.05, 0) is 33.5 Å². The predicted octanol–water partition coefficient (Wildman–Crippen LogP) is 1.27. The Labute approximate surface area is 273 Å². The third-order valence-corrected chi connectivity index (χ3v) is 7.80. The summed E-state index contributed by atoms with van der Waals surface area (Å²) in [5.74, 6) is -4.55. The van der Waals surface area contributed by atoms with Crippen molar-refractivity contribution in [1.82, 2.24) is 0 Å². The van der Waals surface area contributed by atoms with Gasteiger partial charge < -0.3 is 47.1 Å². The normalized spacial score (nSPS) is 31.7. The maximum Gasteiger partial charge on any atom is 0.303 e. The molecule has 3 heterocycles. The van der Waals surface area contributed by atoms with Gasteiger partial charge in [-0.15, -0.1) is 0 Å². The van der Waals surface area contributed by atoms with Gasteiger partial charge in [0.1, 0.15) is 24.9 Å². The highest BCUT2D eigenvalue weighted by Gasteiger charge is 2.58. The molecule has 3 saturated heterocycles. The summed E-state index contributed by atoms with van der Waals surface area (Å²) in [6.45, 7) is 14.7.